The summed E-state index contributed by atoms with van der Waals surface area (Å²) in [6.45, 7) is 2.16. The van der Waals surface area contributed by atoms with Crippen LogP contribution in [0.3, 0.4) is 0 Å². The second kappa shape index (κ2) is 8.73. The molecule has 1 aromatic carbocycles. The van der Waals surface area contributed by atoms with Crippen LogP contribution in [0, 0.1) is 0 Å². The Hall–Kier alpha value is -1.01. The second-order valence-corrected chi connectivity index (χ2v) is 7.67. The molecule has 4 nitrogen and oxygen atoms in total. The van der Waals surface area contributed by atoms with E-state index in [0.717, 1.165) is 30.2 Å². The SMILES string of the molecule is CCCCCC1SCC(C(=O)OC)N1C(=O)c1ccc(Br)cc1. The van der Waals surface area contributed by atoms with Gasteiger partial charge in [-0.05, 0) is 30.7 Å². The van der Waals surface area contributed by atoms with E-state index in [-0.39, 0.29) is 17.3 Å². The number of ether oxygens (including phenoxy) is 1. The Morgan fingerprint density at radius 3 is 2.61 bits per heavy atom. The van der Waals surface area contributed by atoms with Crippen LogP contribution in [0.1, 0.15) is 43.0 Å². The fourth-order valence-corrected chi connectivity index (χ4v) is 4.39. The van der Waals surface area contributed by atoms with E-state index in [1.54, 1.807) is 28.8 Å². The van der Waals surface area contributed by atoms with E-state index in [4.69, 9.17) is 4.74 Å². The minimum atomic E-state index is -0.493. The quantitative estimate of drug-likeness (QED) is 0.533. The van der Waals surface area contributed by atoms with Gasteiger partial charge in [-0.25, -0.2) is 4.79 Å². The lowest BCUT2D eigenvalue weighted by atomic mass is 10.1. The molecule has 0 spiro atoms. The maximum Gasteiger partial charge on any atom is 0.329 e. The van der Waals surface area contributed by atoms with Gasteiger partial charge in [0.25, 0.3) is 5.91 Å². The number of hydrogen-bond donors (Lipinski definition) is 0. The number of amides is 1. The van der Waals surface area contributed by atoms with Crippen molar-refractivity contribution in [1.29, 1.82) is 0 Å². The molecule has 2 atom stereocenters. The summed E-state index contributed by atoms with van der Waals surface area (Å²) in [6, 6.07) is 6.76. The van der Waals surface area contributed by atoms with E-state index in [1.165, 1.54) is 7.11 Å². The Balaban J connectivity index is 2.19. The minimum Gasteiger partial charge on any atom is -0.467 e. The van der Waals surface area contributed by atoms with Crippen LogP contribution in [-0.2, 0) is 9.53 Å². The number of thioether (sulfide) groups is 1. The molecule has 0 aromatic heterocycles. The molecule has 0 radical (unpaired) electrons. The van der Waals surface area contributed by atoms with Crippen LogP contribution >= 0.6 is 27.7 Å². The first-order valence-corrected chi connectivity index (χ1v) is 9.70. The number of methoxy groups -OCH3 is 1. The molecular formula is C17H22BrNO3S. The molecule has 2 rings (SSSR count). The molecule has 2 unspecified atom stereocenters. The van der Waals surface area contributed by atoms with E-state index in [1.807, 2.05) is 12.1 Å². The third-order valence-corrected chi connectivity index (χ3v) is 5.83. The summed E-state index contributed by atoms with van der Waals surface area (Å²) in [6.07, 6.45) is 4.25. The van der Waals surface area contributed by atoms with Crippen LogP contribution < -0.4 is 0 Å². The number of carbonyl (C=O) groups is 2. The highest BCUT2D eigenvalue weighted by atomic mass is 79.9. The smallest absolute Gasteiger partial charge is 0.329 e. The number of rotatable bonds is 6. The zero-order valence-corrected chi connectivity index (χ0v) is 15.9. The molecule has 1 saturated heterocycles. The summed E-state index contributed by atoms with van der Waals surface area (Å²) in [4.78, 5) is 26.7. The van der Waals surface area contributed by atoms with Crippen molar-refractivity contribution in [3.63, 3.8) is 0 Å². The minimum absolute atomic E-state index is 0.0433. The van der Waals surface area contributed by atoms with Crippen LogP contribution in [-0.4, -0.2) is 41.1 Å². The van der Waals surface area contributed by atoms with E-state index in [0.29, 0.717) is 11.3 Å². The van der Waals surface area contributed by atoms with Crippen molar-refractivity contribution in [2.45, 2.75) is 44.0 Å². The number of nitrogens with zero attached hydrogens (tertiary/aromatic N) is 1. The van der Waals surface area contributed by atoms with E-state index >= 15 is 0 Å². The summed E-state index contributed by atoms with van der Waals surface area (Å²) in [7, 11) is 1.37. The van der Waals surface area contributed by atoms with Crippen molar-refractivity contribution in [1.82, 2.24) is 4.90 Å². The Morgan fingerprint density at radius 2 is 2.00 bits per heavy atom. The zero-order chi connectivity index (χ0) is 16.8. The summed E-state index contributed by atoms with van der Waals surface area (Å²) in [5, 5.41) is 0.0433. The van der Waals surface area contributed by atoms with Crippen molar-refractivity contribution >= 4 is 39.6 Å². The summed E-state index contributed by atoms with van der Waals surface area (Å²) in [5.74, 6) is 0.173. The fourth-order valence-electron chi connectivity index (χ4n) is 2.69. The molecule has 1 fully saturated rings. The Kier molecular flexibility index (Phi) is 6.96. The molecule has 1 aliphatic rings. The first-order chi connectivity index (χ1) is 11.1. The predicted octanol–water partition coefficient (Wildman–Crippen LogP) is 4.09. The van der Waals surface area contributed by atoms with Crippen molar-refractivity contribution < 1.29 is 14.3 Å². The normalized spacial score (nSPS) is 20.6. The fraction of sp³-hybridized carbons (Fsp3) is 0.529. The van der Waals surface area contributed by atoms with Gasteiger partial charge in [-0.15, -0.1) is 11.8 Å². The first kappa shape index (κ1) is 18.3. The van der Waals surface area contributed by atoms with Crippen molar-refractivity contribution in [3.05, 3.63) is 34.3 Å². The lowest BCUT2D eigenvalue weighted by molar-refractivity contribution is -0.145. The highest BCUT2D eigenvalue weighted by Gasteiger charge is 2.42. The largest absolute Gasteiger partial charge is 0.467 e. The third-order valence-electron chi connectivity index (χ3n) is 3.95. The molecule has 0 N–H and O–H groups in total. The number of hydrogen-bond acceptors (Lipinski definition) is 4. The highest BCUT2D eigenvalue weighted by molar-refractivity contribution is 9.10. The van der Waals surface area contributed by atoms with Gasteiger partial charge < -0.3 is 9.64 Å². The van der Waals surface area contributed by atoms with Crippen molar-refractivity contribution in [3.8, 4) is 0 Å². The molecule has 1 aliphatic heterocycles. The first-order valence-electron chi connectivity index (χ1n) is 7.86. The summed E-state index contributed by atoms with van der Waals surface area (Å²) >= 11 is 5.05. The average molecular weight is 400 g/mol. The van der Waals surface area contributed by atoms with Crippen LogP contribution in [0.2, 0.25) is 0 Å². The number of esters is 1. The molecule has 126 valence electrons. The summed E-state index contributed by atoms with van der Waals surface area (Å²) in [5.41, 5.74) is 0.602. The predicted molar refractivity (Wildman–Crippen MR) is 96.5 cm³/mol. The average Bonchev–Trinajstić information content (AvgIpc) is 2.98. The van der Waals surface area contributed by atoms with E-state index < -0.39 is 6.04 Å². The topological polar surface area (TPSA) is 46.6 Å². The molecule has 23 heavy (non-hydrogen) atoms. The van der Waals surface area contributed by atoms with Gasteiger partial charge in [0.15, 0.2) is 0 Å². The molecule has 0 aliphatic carbocycles. The van der Waals surface area contributed by atoms with E-state index in [9.17, 15) is 9.59 Å². The number of carbonyl (C=O) groups excluding carboxylic acids is 2. The molecule has 1 heterocycles. The number of unbranched alkanes of at least 4 members (excludes halogenated alkanes) is 2. The van der Waals surface area contributed by atoms with Gasteiger partial charge in [0.1, 0.15) is 6.04 Å². The zero-order valence-electron chi connectivity index (χ0n) is 13.5. The molecular weight excluding hydrogens is 378 g/mol. The molecule has 6 heteroatoms. The second-order valence-electron chi connectivity index (χ2n) is 5.54. The molecule has 0 saturated carbocycles. The van der Waals surface area contributed by atoms with Gasteiger partial charge in [0.05, 0.1) is 12.5 Å². The van der Waals surface area contributed by atoms with Gasteiger partial charge in [-0.3, -0.25) is 4.79 Å². The summed E-state index contributed by atoms with van der Waals surface area (Å²) < 4.78 is 5.81. The Bertz CT molecular complexity index is 549. The van der Waals surface area contributed by atoms with Gasteiger partial charge in [0, 0.05) is 15.8 Å². The Labute approximate surface area is 150 Å². The van der Waals surface area contributed by atoms with Crippen LogP contribution in [0.15, 0.2) is 28.7 Å². The van der Waals surface area contributed by atoms with Gasteiger partial charge in [-0.1, -0.05) is 42.1 Å². The van der Waals surface area contributed by atoms with Gasteiger partial charge in [-0.2, -0.15) is 0 Å². The Morgan fingerprint density at radius 1 is 1.30 bits per heavy atom. The lowest BCUT2D eigenvalue weighted by Gasteiger charge is -2.28. The van der Waals surface area contributed by atoms with Crippen molar-refractivity contribution in [2.75, 3.05) is 12.9 Å². The van der Waals surface area contributed by atoms with Crippen LogP contribution in [0.25, 0.3) is 0 Å². The van der Waals surface area contributed by atoms with Crippen molar-refractivity contribution in [2.24, 2.45) is 0 Å². The number of benzene rings is 1. The highest BCUT2D eigenvalue weighted by Crippen LogP contribution is 2.34. The van der Waals surface area contributed by atoms with Crippen LogP contribution in [0.5, 0.6) is 0 Å². The maximum atomic E-state index is 12.9. The molecule has 1 amide bonds. The van der Waals surface area contributed by atoms with Gasteiger partial charge in [0.2, 0.25) is 0 Å². The lowest BCUT2D eigenvalue weighted by Crippen LogP contribution is -2.46. The third kappa shape index (κ3) is 4.51. The standard InChI is InChI=1S/C17H22BrNO3S/c1-3-4-5-6-15-19(14(11-23-15)17(21)22-2)16(20)12-7-9-13(18)10-8-12/h7-10,14-15H,3-6,11H2,1-2H3. The molecule has 1 aromatic rings. The number of halogens is 1. The van der Waals surface area contributed by atoms with E-state index in [2.05, 4.69) is 22.9 Å². The van der Waals surface area contributed by atoms with Crippen LogP contribution in [0.4, 0.5) is 0 Å². The molecule has 0 bridgehead atoms. The monoisotopic (exact) mass is 399 g/mol. The maximum absolute atomic E-state index is 12.9. The van der Waals surface area contributed by atoms with Gasteiger partial charge >= 0.3 is 5.97 Å².